The molecule has 324 valence electrons. The van der Waals surface area contributed by atoms with Crippen molar-refractivity contribution in [3.8, 4) is 56.0 Å². The summed E-state index contributed by atoms with van der Waals surface area (Å²) in [4.78, 5) is 22.0. The molecule has 8 aromatic rings. The van der Waals surface area contributed by atoms with Crippen LogP contribution in [0.4, 0.5) is 0 Å². The van der Waals surface area contributed by atoms with Crippen molar-refractivity contribution in [3.63, 3.8) is 0 Å². The number of aryl methyl sites for hydroxylation is 2. The Morgan fingerprint density at radius 1 is 0.403 bits per heavy atom. The standard InChI is InChI=1S/C58H44Br2N4O2.Zn/c59-41-21-31-53-43(35-41)57-49-27-23-45(61-49)55(39-13-3-1-4-14-39)46-24-28-50(62-46)58(52-30-26-48(64-52)56(40-15-5-2-6-16-40)47-25-29-51(57)63-47)44-36-42(60)22-32-54(44)66-34-10-8-12-38-19-17-37(18-20-38)11-7-9-33-65-53;/h1-6,13-32,35-36H,7-12,33-34H2;/q-2;+2. The normalized spacial score (nSPS) is 13.6. The molecule has 0 spiro atoms. The first-order valence-corrected chi connectivity index (χ1v) is 24.2. The fourth-order valence-electron chi connectivity index (χ4n) is 9.19. The second-order valence-electron chi connectivity index (χ2n) is 16.8. The van der Waals surface area contributed by atoms with Gasteiger partial charge in [-0.2, -0.15) is 0 Å². The molecule has 0 aliphatic carbocycles. The third-order valence-corrected chi connectivity index (χ3v) is 13.4. The quantitative estimate of drug-likeness (QED) is 0.161. The average molecular weight is 1050 g/mol. The van der Waals surface area contributed by atoms with E-state index in [9.17, 15) is 0 Å². The summed E-state index contributed by atoms with van der Waals surface area (Å²) in [6, 6.07) is 50.8. The maximum atomic E-state index is 6.73. The van der Waals surface area contributed by atoms with Crippen molar-refractivity contribution in [2.24, 2.45) is 0 Å². The van der Waals surface area contributed by atoms with Crippen molar-refractivity contribution in [2.45, 2.75) is 38.5 Å². The van der Waals surface area contributed by atoms with Gasteiger partial charge in [-0.1, -0.05) is 141 Å². The Morgan fingerprint density at radius 3 is 1.18 bits per heavy atom. The molecular formula is C58H44Br2N4O2Zn. The number of hydrogen-bond donors (Lipinski definition) is 0. The zero-order chi connectivity index (χ0) is 44.4. The summed E-state index contributed by atoms with van der Waals surface area (Å²) in [5.41, 5.74) is 16.5. The minimum Gasteiger partial charge on any atom is -0.657 e. The zero-order valence-electron chi connectivity index (χ0n) is 36.9. The van der Waals surface area contributed by atoms with Crippen molar-refractivity contribution in [3.05, 3.63) is 188 Å². The Kier molecular flexibility index (Phi) is 13.3. The molecule has 9 heteroatoms. The van der Waals surface area contributed by atoms with Crippen LogP contribution in [0.2, 0.25) is 0 Å². The van der Waals surface area contributed by atoms with E-state index in [1.54, 1.807) is 0 Å². The van der Waals surface area contributed by atoms with E-state index in [2.05, 4.69) is 177 Å². The van der Waals surface area contributed by atoms with Crippen LogP contribution in [0.25, 0.3) is 90.9 Å². The fraction of sp³-hybridized carbons (Fsp3) is 0.138. The molecule has 0 saturated carbocycles. The molecule has 67 heavy (non-hydrogen) atoms. The predicted octanol–water partition coefficient (Wildman–Crippen LogP) is 15.2. The van der Waals surface area contributed by atoms with Crippen molar-refractivity contribution >= 4 is 78.2 Å². The van der Waals surface area contributed by atoms with E-state index >= 15 is 0 Å². The van der Waals surface area contributed by atoms with E-state index in [0.717, 1.165) is 148 Å². The minimum absolute atomic E-state index is 0. The molecule has 3 aromatic heterocycles. The number of rotatable bonds is 2. The molecule has 12 bridgehead atoms. The average Bonchev–Trinajstić information content (AvgIpc) is 4.20. The van der Waals surface area contributed by atoms with Gasteiger partial charge >= 0.3 is 19.5 Å². The van der Waals surface area contributed by atoms with Crippen LogP contribution in [-0.4, -0.2) is 23.2 Å². The SMILES string of the molecule is Brc1ccc2c(c1)-c1c3nc(c(-c4ccccc4)c4ccc([n-]4)c(c4nc(c(-c5ccccc5)c5ccc1[n-]5)C=C4)-c1cc(Br)ccc1OCCCCc1ccc(cc1)CCCCO2)C=C3.[Zn+2]. The topological polar surface area (TPSA) is 72.4 Å². The van der Waals surface area contributed by atoms with E-state index in [4.69, 9.17) is 29.4 Å². The molecule has 14 rings (SSSR count). The van der Waals surface area contributed by atoms with Gasteiger partial charge in [-0.05, 0) is 144 Å². The maximum Gasteiger partial charge on any atom is 2.00 e. The molecule has 6 aliphatic rings. The van der Waals surface area contributed by atoms with Gasteiger partial charge in [-0.15, -0.1) is 22.1 Å². The van der Waals surface area contributed by atoms with Crippen LogP contribution in [-0.2, 0) is 32.3 Å². The molecule has 6 nitrogen and oxygen atoms in total. The Balaban J connectivity index is 0.00000525. The molecule has 0 unspecified atom stereocenters. The van der Waals surface area contributed by atoms with Crippen LogP contribution in [0.3, 0.4) is 0 Å². The number of nitrogens with zero attached hydrogens (tertiary/aromatic N) is 4. The van der Waals surface area contributed by atoms with Gasteiger partial charge in [0.05, 0.1) is 36.0 Å². The third kappa shape index (κ3) is 9.43. The predicted molar refractivity (Wildman–Crippen MR) is 277 cm³/mol. The summed E-state index contributed by atoms with van der Waals surface area (Å²) in [5.74, 6) is 1.56. The van der Waals surface area contributed by atoms with E-state index in [1.165, 1.54) is 11.1 Å². The molecule has 5 aromatic carbocycles. The summed E-state index contributed by atoms with van der Waals surface area (Å²) >= 11 is 7.63. The fourth-order valence-corrected chi connectivity index (χ4v) is 9.91. The van der Waals surface area contributed by atoms with Crippen molar-refractivity contribution < 1.29 is 29.0 Å². The van der Waals surface area contributed by atoms with E-state index in [0.29, 0.717) is 13.2 Å². The monoisotopic (exact) mass is 1050 g/mol. The third-order valence-electron chi connectivity index (χ3n) is 12.4. The van der Waals surface area contributed by atoms with E-state index in [1.807, 2.05) is 24.3 Å². The van der Waals surface area contributed by atoms with Crippen LogP contribution in [0.15, 0.2) is 155 Å². The summed E-state index contributed by atoms with van der Waals surface area (Å²) in [6.45, 7) is 1.16. The van der Waals surface area contributed by atoms with Crippen molar-refractivity contribution in [1.29, 1.82) is 0 Å². The zero-order valence-corrected chi connectivity index (χ0v) is 43.0. The summed E-state index contributed by atoms with van der Waals surface area (Å²) < 4.78 is 15.3. The number of hydrogen-bond acceptors (Lipinski definition) is 4. The summed E-state index contributed by atoms with van der Waals surface area (Å²) in [5, 5.41) is 0. The first kappa shape index (κ1) is 44.7. The number of aromatic nitrogens is 4. The largest absolute Gasteiger partial charge is 2.00 e. The molecule has 9 heterocycles. The Hall–Kier alpha value is -6.12. The summed E-state index contributed by atoms with van der Waals surface area (Å²) in [6.07, 6.45) is 14.3. The van der Waals surface area contributed by atoms with Crippen molar-refractivity contribution in [2.75, 3.05) is 13.2 Å². The van der Waals surface area contributed by atoms with Crippen LogP contribution in [0.1, 0.15) is 59.6 Å². The van der Waals surface area contributed by atoms with Crippen LogP contribution in [0.5, 0.6) is 11.5 Å². The van der Waals surface area contributed by atoms with Crippen molar-refractivity contribution in [1.82, 2.24) is 19.9 Å². The second kappa shape index (κ2) is 20.0. The number of halogens is 2. The van der Waals surface area contributed by atoms with Gasteiger partial charge in [-0.3, -0.25) is 0 Å². The molecule has 6 aliphatic heterocycles. The number of benzene rings is 5. The van der Waals surface area contributed by atoms with Crippen LogP contribution in [0, 0.1) is 0 Å². The van der Waals surface area contributed by atoms with Gasteiger partial charge in [0.25, 0.3) is 0 Å². The smallest absolute Gasteiger partial charge is 0.657 e. The molecule has 0 saturated heterocycles. The first-order valence-electron chi connectivity index (χ1n) is 22.6. The maximum absolute atomic E-state index is 6.73. The van der Waals surface area contributed by atoms with Gasteiger partial charge in [0.1, 0.15) is 11.5 Å². The molecular weight excluding hydrogens is 1010 g/mol. The van der Waals surface area contributed by atoms with Gasteiger partial charge in [0.2, 0.25) is 0 Å². The van der Waals surface area contributed by atoms with Gasteiger partial charge in [0, 0.05) is 20.1 Å². The Labute approximate surface area is 420 Å². The van der Waals surface area contributed by atoms with E-state index < -0.39 is 0 Å². The molecule has 0 radical (unpaired) electrons. The van der Waals surface area contributed by atoms with Gasteiger partial charge in [-0.25, -0.2) is 9.97 Å². The van der Waals surface area contributed by atoms with Gasteiger partial charge in [0.15, 0.2) is 0 Å². The van der Waals surface area contributed by atoms with Gasteiger partial charge < -0.3 is 19.4 Å². The molecule has 0 amide bonds. The Bertz CT molecular complexity index is 3120. The number of ether oxygens (including phenoxy) is 2. The molecule has 0 N–H and O–H groups in total. The molecule has 0 fully saturated rings. The minimum atomic E-state index is 0. The van der Waals surface area contributed by atoms with Crippen LogP contribution < -0.4 is 19.4 Å². The summed E-state index contributed by atoms with van der Waals surface area (Å²) in [7, 11) is 0. The van der Waals surface area contributed by atoms with E-state index in [-0.39, 0.29) is 19.5 Å². The second-order valence-corrected chi connectivity index (χ2v) is 18.6. The molecule has 0 atom stereocenters. The first-order chi connectivity index (χ1) is 32.5. The van der Waals surface area contributed by atoms with Crippen LogP contribution >= 0.6 is 31.9 Å². The Morgan fingerprint density at radius 2 is 0.776 bits per heavy atom.